The summed E-state index contributed by atoms with van der Waals surface area (Å²) in [6.45, 7) is 0. The van der Waals surface area contributed by atoms with Gasteiger partial charge in [-0.05, 0) is 18.2 Å². The van der Waals surface area contributed by atoms with E-state index in [1.807, 2.05) is 6.07 Å². The van der Waals surface area contributed by atoms with Gasteiger partial charge in [-0.25, -0.2) is 0 Å². The number of aromatic nitrogens is 1. The van der Waals surface area contributed by atoms with Gasteiger partial charge in [0.2, 0.25) is 5.91 Å². The van der Waals surface area contributed by atoms with E-state index in [0.29, 0.717) is 10.5 Å². The third-order valence-electron chi connectivity index (χ3n) is 2.48. The number of halogens is 1. The zero-order valence-electron chi connectivity index (χ0n) is 8.89. The monoisotopic (exact) mass is 251 g/mol. The van der Waals surface area contributed by atoms with Crippen molar-refractivity contribution >= 4 is 34.4 Å². The second-order valence-corrected chi connectivity index (χ2v) is 4.11. The van der Waals surface area contributed by atoms with Crippen LogP contribution in [0.4, 0.5) is 0 Å². The van der Waals surface area contributed by atoms with E-state index < -0.39 is 5.97 Å². The highest BCUT2D eigenvalue weighted by molar-refractivity contribution is 6.31. The van der Waals surface area contributed by atoms with Crippen LogP contribution in [0.1, 0.15) is 17.6 Å². The Hall–Kier alpha value is -1.81. The summed E-state index contributed by atoms with van der Waals surface area (Å²) in [6, 6.07) is 7.05. The Morgan fingerprint density at radius 2 is 2.00 bits per heavy atom. The minimum absolute atomic E-state index is 0.0222. The third kappa shape index (κ3) is 2.47. The van der Waals surface area contributed by atoms with Crippen molar-refractivity contribution in [3.8, 4) is 0 Å². The topological polar surface area (TPSA) is 59.3 Å². The lowest BCUT2D eigenvalue weighted by molar-refractivity contribution is -0.136. The summed E-state index contributed by atoms with van der Waals surface area (Å²) in [5.41, 5.74) is 0.702. The highest BCUT2D eigenvalue weighted by Gasteiger charge is 2.10. The zero-order chi connectivity index (χ0) is 12.4. The Kier molecular flexibility index (Phi) is 3.15. The zero-order valence-corrected chi connectivity index (χ0v) is 9.65. The van der Waals surface area contributed by atoms with Gasteiger partial charge >= 0.3 is 5.97 Å². The molecule has 1 aromatic heterocycles. The molecule has 0 bridgehead atoms. The van der Waals surface area contributed by atoms with E-state index in [4.69, 9.17) is 16.7 Å². The highest BCUT2D eigenvalue weighted by Crippen LogP contribution is 2.20. The van der Waals surface area contributed by atoms with Crippen molar-refractivity contribution in [2.45, 2.75) is 12.8 Å². The van der Waals surface area contributed by atoms with Gasteiger partial charge < -0.3 is 5.11 Å². The van der Waals surface area contributed by atoms with Crippen LogP contribution in [0.2, 0.25) is 5.02 Å². The molecule has 0 atom stereocenters. The molecule has 0 unspecified atom stereocenters. The standard InChI is InChI=1S/C12H10ClNO3/c13-9-2-1-8-5-6-14(10(8)7-9)11(15)3-4-12(16)17/h1-2,5-7H,3-4H2,(H,16,17). The Balaban J connectivity index is 2.32. The Bertz CT molecular complexity index is 588. The van der Waals surface area contributed by atoms with Crippen LogP contribution >= 0.6 is 11.6 Å². The lowest BCUT2D eigenvalue weighted by Gasteiger charge is -2.03. The number of carbonyl (C=O) groups excluding carboxylic acids is 1. The first-order valence-corrected chi connectivity index (χ1v) is 5.47. The van der Waals surface area contributed by atoms with Crippen LogP contribution in [0, 0.1) is 0 Å². The fourth-order valence-corrected chi connectivity index (χ4v) is 1.82. The summed E-state index contributed by atoms with van der Waals surface area (Å²) in [5, 5.41) is 9.98. The number of rotatable bonds is 3. The molecular weight excluding hydrogens is 242 g/mol. The second-order valence-electron chi connectivity index (χ2n) is 3.68. The smallest absolute Gasteiger partial charge is 0.303 e. The van der Waals surface area contributed by atoms with Crippen molar-refractivity contribution in [1.29, 1.82) is 0 Å². The summed E-state index contributed by atoms with van der Waals surface area (Å²) in [7, 11) is 0. The molecule has 0 saturated heterocycles. The molecular formula is C12H10ClNO3. The first kappa shape index (κ1) is 11.7. The summed E-state index contributed by atoms with van der Waals surface area (Å²) < 4.78 is 1.43. The molecule has 0 saturated carbocycles. The minimum atomic E-state index is -0.979. The van der Waals surface area contributed by atoms with E-state index in [9.17, 15) is 9.59 Å². The summed E-state index contributed by atoms with van der Waals surface area (Å²) in [5.74, 6) is -1.22. The van der Waals surface area contributed by atoms with E-state index in [1.54, 1.807) is 24.4 Å². The third-order valence-corrected chi connectivity index (χ3v) is 2.71. The lowest BCUT2D eigenvalue weighted by atomic mass is 10.2. The number of benzene rings is 1. The van der Waals surface area contributed by atoms with Gasteiger partial charge in [-0.2, -0.15) is 0 Å². The number of aliphatic carboxylic acids is 1. The van der Waals surface area contributed by atoms with E-state index in [-0.39, 0.29) is 18.7 Å². The Morgan fingerprint density at radius 3 is 2.71 bits per heavy atom. The van der Waals surface area contributed by atoms with Crippen LogP contribution in [-0.2, 0) is 4.79 Å². The molecule has 0 amide bonds. The number of fused-ring (bicyclic) bond motifs is 1. The molecule has 0 aliphatic rings. The Labute approximate surface area is 102 Å². The van der Waals surface area contributed by atoms with Gasteiger partial charge in [-0.3, -0.25) is 14.2 Å². The maximum absolute atomic E-state index is 11.8. The van der Waals surface area contributed by atoms with Crippen molar-refractivity contribution < 1.29 is 14.7 Å². The predicted molar refractivity (Wildman–Crippen MR) is 64.4 cm³/mol. The van der Waals surface area contributed by atoms with Crippen molar-refractivity contribution in [3.05, 3.63) is 35.5 Å². The average Bonchev–Trinajstić information content (AvgIpc) is 2.68. The number of carbonyl (C=O) groups is 2. The SMILES string of the molecule is O=C(O)CCC(=O)n1ccc2ccc(Cl)cc21. The maximum Gasteiger partial charge on any atom is 0.303 e. The minimum Gasteiger partial charge on any atom is -0.481 e. The fraction of sp³-hybridized carbons (Fsp3) is 0.167. The first-order chi connectivity index (χ1) is 8.08. The second kappa shape index (κ2) is 4.59. The quantitative estimate of drug-likeness (QED) is 0.913. The summed E-state index contributed by atoms with van der Waals surface area (Å²) in [4.78, 5) is 22.2. The van der Waals surface area contributed by atoms with Crippen LogP contribution in [0.5, 0.6) is 0 Å². The average molecular weight is 252 g/mol. The highest BCUT2D eigenvalue weighted by atomic mass is 35.5. The van der Waals surface area contributed by atoms with Gasteiger partial charge in [0, 0.05) is 23.0 Å². The molecule has 1 aromatic carbocycles. The van der Waals surface area contributed by atoms with Crippen LogP contribution in [0.25, 0.3) is 10.9 Å². The van der Waals surface area contributed by atoms with Crippen molar-refractivity contribution in [1.82, 2.24) is 4.57 Å². The van der Waals surface area contributed by atoms with Gasteiger partial charge in [-0.1, -0.05) is 17.7 Å². The number of carboxylic acid groups (broad SMARTS) is 1. The number of carboxylic acids is 1. The molecule has 88 valence electrons. The summed E-state index contributed by atoms with van der Waals surface area (Å²) >= 11 is 5.86. The van der Waals surface area contributed by atoms with Gasteiger partial charge in [-0.15, -0.1) is 0 Å². The van der Waals surface area contributed by atoms with Gasteiger partial charge in [0.25, 0.3) is 0 Å². The molecule has 0 spiro atoms. The lowest BCUT2D eigenvalue weighted by Crippen LogP contribution is -2.11. The van der Waals surface area contributed by atoms with Crippen molar-refractivity contribution in [3.63, 3.8) is 0 Å². The van der Waals surface area contributed by atoms with Gasteiger partial charge in [0.1, 0.15) is 0 Å². The number of hydrogen-bond acceptors (Lipinski definition) is 2. The van der Waals surface area contributed by atoms with Gasteiger partial charge in [0.05, 0.1) is 11.9 Å². The van der Waals surface area contributed by atoms with Crippen LogP contribution < -0.4 is 0 Å². The molecule has 0 radical (unpaired) electrons. The first-order valence-electron chi connectivity index (χ1n) is 5.09. The largest absolute Gasteiger partial charge is 0.481 e. The number of hydrogen-bond donors (Lipinski definition) is 1. The van der Waals surface area contributed by atoms with Crippen molar-refractivity contribution in [2.24, 2.45) is 0 Å². The molecule has 0 aliphatic carbocycles. The summed E-state index contributed by atoms with van der Waals surface area (Å²) in [6.07, 6.45) is 1.44. The maximum atomic E-state index is 11.8. The van der Waals surface area contributed by atoms with Crippen molar-refractivity contribution in [2.75, 3.05) is 0 Å². The molecule has 0 fully saturated rings. The molecule has 4 nitrogen and oxygen atoms in total. The molecule has 0 aliphatic heterocycles. The molecule has 2 aromatic rings. The van der Waals surface area contributed by atoms with E-state index in [2.05, 4.69) is 0 Å². The van der Waals surface area contributed by atoms with Crippen LogP contribution in [-0.4, -0.2) is 21.6 Å². The normalized spacial score (nSPS) is 10.6. The Morgan fingerprint density at radius 1 is 1.24 bits per heavy atom. The van der Waals surface area contributed by atoms with E-state index in [0.717, 1.165) is 5.39 Å². The molecule has 2 rings (SSSR count). The van der Waals surface area contributed by atoms with Gasteiger partial charge in [0.15, 0.2) is 0 Å². The molecule has 17 heavy (non-hydrogen) atoms. The predicted octanol–water partition coefficient (Wildman–Crippen LogP) is 2.80. The molecule has 5 heteroatoms. The number of nitrogens with zero attached hydrogens (tertiary/aromatic N) is 1. The fourth-order valence-electron chi connectivity index (χ4n) is 1.65. The molecule has 1 N–H and O–H groups in total. The molecule has 1 heterocycles. The van der Waals surface area contributed by atoms with E-state index >= 15 is 0 Å². The van der Waals surface area contributed by atoms with Crippen LogP contribution in [0.3, 0.4) is 0 Å². The van der Waals surface area contributed by atoms with E-state index in [1.165, 1.54) is 4.57 Å². The van der Waals surface area contributed by atoms with Crippen LogP contribution in [0.15, 0.2) is 30.5 Å².